The highest BCUT2D eigenvalue weighted by molar-refractivity contribution is 7.44. The number of carbonyl (C=O) groups is 2. The van der Waals surface area contributed by atoms with Crippen molar-refractivity contribution in [1.29, 1.82) is 5.26 Å². The van der Waals surface area contributed by atoms with E-state index in [1.54, 1.807) is 0 Å². The molecular weight excluding hydrogens is 343 g/mol. The van der Waals surface area contributed by atoms with Gasteiger partial charge in [-0.15, -0.1) is 0 Å². The summed E-state index contributed by atoms with van der Waals surface area (Å²) in [6, 6.07) is 2.40. The average Bonchev–Trinajstić information content (AvgIpc) is 2.48. The van der Waals surface area contributed by atoms with Crippen molar-refractivity contribution in [2.24, 2.45) is 0 Å². The van der Waals surface area contributed by atoms with Gasteiger partial charge in [0.15, 0.2) is 0 Å². The Morgan fingerprint density at radius 2 is 1.56 bits per heavy atom. The summed E-state index contributed by atoms with van der Waals surface area (Å²) in [5, 5.41) is 14.2. The number of hydrogen-bond acceptors (Lipinski definition) is 6. The van der Waals surface area contributed by atoms with Crippen molar-refractivity contribution >= 4 is 20.3 Å². The first-order chi connectivity index (χ1) is 11.7. The van der Waals surface area contributed by atoms with Crippen LogP contribution in [0.2, 0.25) is 0 Å². The van der Waals surface area contributed by atoms with Gasteiger partial charge in [-0.2, -0.15) is 5.26 Å². The Morgan fingerprint density at radius 1 is 1.08 bits per heavy atom. The fourth-order valence-electron chi connectivity index (χ4n) is 2.08. The van der Waals surface area contributed by atoms with Crippen molar-refractivity contribution in [1.82, 2.24) is 15.3 Å². The SMILES string of the molecule is CC(=O)NCC(CNC(C)=O)OP(OCCC#N)N(C(C)C)C(C)C. The lowest BCUT2D eigenvalue weighted by atomic mass is 10.3. The molecule has 0 heterocycles. The molecule has 0 aliphatic rings. The van der Waals surface area contributed by atoms with Crippen molar-refractivity contribution in [3.05, 3.63) is 0 Å². The van der Waals surface area contributed by atoms with Crippen molar-refractivity contribution in [2.75, 3.05) is 19.7 Å². The quantitative estimate of drug-likeness (QED) is 0.400. The first-order valence-electron chi connectivity index (χ1n) is 8.42. The zero-order valence-corrected chi connectivity index (χ0v) is 16.9. The molecule has 0 radical (unpaired) electrons. The molecule has 0 rings (SSSR count). The average molecular weight is 374 g/mol. The van der Waals surface area contributed by atoms with Gasteiger partial charge in [-0.3, -0.25) is 9.59 Å². The van der Waals surface area contributed by atoms with E-state index in [0.29, 0.717) is 0 Å². The van der Waals surface area contributed by atoms with E-state index in [4.69, 9.17) is 14.3 Å². The minimum Gasteiger partial charge on any atom is -0.354 e. The summed E-state index contributed by atoms with van der Waals surface area (Å²) in [5.41, 5.74) is 0. The van der Waals surface area contributed by atoms with E-state index in [2.05, 4.69) is 21.4 Å². The molecule has 9 heteroatoms. The fraction of sp³-hybridized carbons (Fsp3) is 0.812. The molecule has 0 bridgehead atoms. The van der Waals surface area contributed by atoms with Crippen LogP contribution in [0.15, 0.2) is 0 Å². The predicted octanol–water partition coefficient (Wildman–Crippen LogP) is 1.92. The Bertz CT molecular complexity index is 428. The Labute approximate surface area is 152 Å². The maximum absolute atomic E-state index is 11.2. The fourth-order valence-corrected chi connectivity index (χ4v) is 3.79. The highest BCUT2D eigenvalue weighted by Crippen LogP contribution is 2.46. The molecule has 2 N–H and O–H groups in total. The van der Waals surface area contributed by atoms with Crippen LogP contribution in [-0.4, -0.2) is 54.4 Å². The molecule has 0 aromatic carbocycles. The van der Waals surface area contributed by atoms with Gasteiger partial charge in [-0.1, -0.05) is 0 Å². The van der Waals surface area contributed by atoms with Gasteiger partial charge in [0.05, 0.1) is 19.1 Å². The lowest BCUT2D eigenvalue weighted by Gasteiger charge is -2.37. The maximum Gasteiger partial charge on any atom is 0.259 e. The van der Waals surface area contributed by atoms with Gasteiger partial charge in [0.25, 0.3) is 8.53 Å². The third-order valence-corrected chi connectivity index (χ3v) is 5.24. The minimum atomic E-state index is -1.44. The van der Waals surface area contributed by atoms with Crippen LogP contribution in [0, 0.1) is 11.3 Å². The van der Waals surface area contributed by atoms with Crippen molar-refractivity contribution in [2.45, 2.75) is 66.2 Å². The molecule has 2 amide bonds. The molecule has 0 aromatic heterocycles. The molecule has 0 saturated heterocycles. The first-order valence-corrected chi connectivity index (χ1v) is 9.55. The van der Waals surface area contributed by atoms with Crippen LogP contribution in [0.3, 0.4) is 0 Å². The number of hydrogen-bond donors (Lipinski definition) is 2. The van der Waals surface area contributed by atoms with E-state index in [-0.39, 0.29) is 50.0 Å². The summed E-state index contributed by atoms with van der Waals surface area (Å²) >= 11 is 0. The summed E-state index contributed by atoms with van der Waals surface area (Å²) in [7, 11) is -1.44. The number of amides is 2. The lowest BCUT2D eigenvalue weighted by molar-refractivity contribution is -0.119. The number of carbonyl (C=O) groups excluding carboxylic acids is 2. The molecule has 144 valence electrons. The van der Waals surface area contributed by atoms with E-state index in [1.807, 2.05) is 27.7 Å². The van der Waals surface area contributed by atoms with Crippen LogP contribution in [0.1, 0.15) is 48.0 Å². The van der Waals surface area contributed by atoms with Gasteiger partial charge >= 0.3 is 0 Å². The van der Waals surface area contributed by atoms with Crippen LogP contribution in [0.5, 0.6) is 0 Å². The Morgan fingerprint density at radius 3 is 1.92 bits per heavy atom. The Hall–Kier alpha value is -1.26. The van der Waals surface area contributed by atoms with Gasteiger partial charge in [-0.25, -0.2) is 4.67 Å². The van der Waals surface area contributed by atoms with Crippen LogP contribution in [0.25, 0.3) is 0 Å². The van der Waals surface area contributed by atoms with E-state index < -0.39 is 14.6 Å². The third-order valence-electron chi connectivity index (χ3n) is 3.06. The predicted molar refractivity (Wildman–Crippen MR) is 97.5 cm³/mol. The number of nitrogens with zero attached hydrogens (tertiary/aromatic N) is 2. The maximum atomic E-state index is 11.2. The number of nitriles is 1. The molecule has 0 aromatic rings. The highest BCUT2D eigenvalue weighted by atomic mass is 31.2. The van der Waals surface area contributed by atoms with Crippen LogP contribution in [0.4, 0.5) is 0 Å². The zero-order valence-electron chi connectivity index (χ0n) is 16.0. The summed E-state index contributed by atoms with van der Waals surface area (Å²) < 4.78 is 14.0. The second-order valence-electron chi connectivity index (χ2n) is 6.15. The highest BCUT2D eigenvalue weighted by Gasteiger charge is 2.30. The Balaban J connectivity index is 5.14. The molecule has 0 saturated carbocycles. The molecule has 0 fully saturated rings. The summed E-state index contributed by atoms with van der Waals surface area (Å²) in [6.45, 7) is 11.8. The van der Waals surface area contributed by atoms with Crippen LogP contribution in [-0.2, 0) is 18.6 Å². The molecule has 1 atom stereocenters. The van der Waals surface area contributed by atoms with Crippen molar-refractivity contribution < 1.29 is 18.6 Å². The third kappa shape index (κ3) is 11.1. The normalized spacial score (nSPS) is 12.5. The van der Waals surface area contributed by atoms with Gasteiger partial charge in [0.1, 0.15) is 6.10 Å². The number of rotatable bonds is 12. The smallest absolute Gasteiger partial charge is 0.259 e. The van der Waals surface area contributed by atoms with Crippen LogP contribution < -0.4 is 10.6 Å². The van der Waals surface area contributed by atoms with Crippen molar-refractivity contribution in [3.8, 4) is 6.07 Å². The van der Waals surface area contributed by atoms with E-state index >= 15 is 0 Å². The first kappa shape index (κ1) is 23.7. The van der Waals surface area contributed by atoms with E-state index in [1.165, 1.54) is 13.8 Å². The molecule has 0 spiro atoms. The van der Waals surface area contributed by atoms with Gasteiger partial charge < -0.3 is 19.7 Å². The van der Waals surface area contributed by atoms with E-state index in [0.717, 1.165) is 0 Å². The summed E-state index contributed by atoms with van der Waals surface area (Å²) in [5.74, 6) is -0.341. The van der Waals surface area contributed by atoms with Gasteiger partial charge in [-0.05, 0) is 27.7 Å². The molecule has 0 aliphatic heterocycles. The standard InChI is InChI=1S/C16H31N4O4P/c1-12(2)20(13(3)4)25(23-9-7-8-17)24-16(10-18-14(5)21)11-19-15(6)22/h12-13,16H,7,9-11H2,1-6H3,(H,18,21)(H,19,22). The summed E-state index contributed by atoms with van der Waals surface area (Å²) in [6.07, 6.45) is -0.158. The number of nitrogens with one attached hydrogen (secondary N) is 2. The molecule has 0 aliphatic carbocycles. The molecular formula is C16H31N4O4P. The second kappa shape index (κ2) is 13.0. The minimum absolute atomic E-state index is 0.171. The van der Waals surface area contributed by atoms with Crippen LogP contribution >= 0.6 is 8.53 Å². The zero-order chi connectivity index (χ0) is 19.4. The topological polar surface area (TPSA) is 104 Å². The summed E-state index contributed by atoms with van der Waals surface area (Å²) in [4.78, 5) is 22.4. The largest absolute Gasteiger partial charge is 0.354 e. The second-order valence-corrected chi connectivity index (χ2v) is 7.55. The Kier molecular flexibility index (Phi) is 12.4. The van der Waals surface area contributed by atoms with Gasteiger partial charge in [0.2, 0.25) is 11.8 Å². The molecule has 25 heavy (non-hydrogen) atoms. The van der Waals surface area contributed by atoms with E-state index in [9.17, 15) is 9.59 Å². The van der Waals surface area contributed by atoms with Gasteiger partial charge in [0, 0.05) is 39.0 Å². The molecule has 1 unspecified atom stereocenters. The molecule has 8 nitrogen and oxygen atoms in total. The van der Waals surface area contributed by atoms with Crippen molar-refractivity contribution in [3.63, 3.8) is 0 Å². The monoisotopic (exact) mass is 374 g/mol. The lowest BCUT2D eigenvalue weighted by Crippen LogP contribution is -2.42.